The van der Waals surface area contributed by atoms with Crippen molar-refractivity contribution >= 4 is 45.8 Å². The van der Waals surface area contributed by atoms with Crippen molar-refractivity contribution in [3.63, 3.8) is 0 Å². The lowest BCUT2D eigenvalue weighted by atomic mass is 9.92. The summed E-state index contributed by atoms with van der Waals surface area (Å²) in [7, 11) is 0. The minimum atomic E-state index is -6.74. The van der Waals surface area contributed by atoms with Crippen molar-refractivity contribution in [3.05, 3.63) is 86.3 Å². The molecule has 0 bridgehead atoms. The van der Waals surface area contributed by atoms with E-state index in [-0.39, 0.29) is 31.0 Å². The number of nitrogens with zero attached hydrogens (tertiary/aromatic N) is 3. The summed E-state index contributed by atoms with van der Waals surface area (Å²) < 4.78 is 164. The van der Waals surface area contributed by atoms with Gasteiger partial charge in [-0.1, -0.05) is 6.07 Å². The number of anilines is 2. The Hall–Kier alpha value is -4.09. The molecule has 0 aliphatic rings. The van der Waals surface area contributed by atoms with Gasteiger partial charge in [-0.3, -0.25) is 9.59 Å². The number of carbonyl (C=O) groups is 2. The number of halogens is 13. The predicted molar refractivity (Wildman–Crippen MR) is 144 cm³/mol. The van der Waals surface area contributed by atoms with Crippen LogP contribution in [-0.2, 0) is 11.8 Å². The summed E-state index contributed by atoms with van der Waals surface area (Å²) in [5.41, 5.74) is -14.4. The first-order valence-corrected chi connectivity index (χ1v) is 13.4. The van der Waals surface area contributed by atoms with Crippen molar-refractivity contribution in [2.75, 3.05) is 16.8 Å². The van der Waals surface area contributed by atoms with Crippen LogP contribution < -0.4 is 10.2 Å². The van der Waals surface area contributed by atoms with Gasteiger partial charge in [-0.05, 0) is 65.4 Å². The van der Waals surface area contributed by atoms with Crippen LogP contribution in [0.4, 0.5) is 64.1 Å². The first-order valence-electron chi connectivity index (χ1n) is 12.3. The Morgan fingerprint density at radius 3 is 2.09 bits per heavy atom. The van der Waals surface area contributed by atoms with Gasteiger partial charge < -0.3 is 10.2 Å². The molecule has 0 radical (unpaired) electrons. The number of amides is 2. The summed E-state index contributed by atoms with van der Waals surface area (Å²) in [6, 6.07) is 5.32. The van der Waals surface area contributed by atoms with Gasteiger partial charge >= 0.3 is 24.2 Å². The molecular weight excluding hydrogens is 767 g/mol. The van der Waals surface area contributed by atoms with Crippen LogP contribution in [0.3, 0.4) is 0 Å². The average Bonchev–Trinajstić information content (AvgIpc) is 2.94. The molecule has 0 aliphatic carbocycles. The smallest absolute Gasteiger partial charge is 0.320 e. The van der Waals surface area contributed by atoms with Crippen LogP contribution in [0.5, 0.6) is 0 Å². The van der Waals surface area contributed by atoms with Crippen LogP contribution in [0.25, 0.3) is 0 Å². The second kappa shape index (κ2) is 13.3. The van der Waals surface area contributed by atoms with E-state index >= 15 is 4.39 Å². The molecule has 3 rings (SSSR count). The number of benzene rings is 2. The number of hydrogen-bond donors (Lipinski definition) is 1. The average molecular weight is 782 g/mol. The van der Waals surface area contributed by atoms with Crippen molar-refractivity contribution in [1.29, 1.82) is 5.26 Å². The minimum Gasteiger partial charge on any atom is -0.320 e. The predicted octanol–water partition coefficient (Wildman–Crippen LogP) is 8.48. The molecule has 46 heavy (non-hydrogen) atoms. The fraction of sp³-hybridized carbons (Fsp3) is 0.259. The minimum absolute atomic E-state index is 0.0435. The lowest BCUT2D eigenvalue weighted by Gasteiger charge is -2.31. The molecule has 0 unspecified atom stereocenters. The summed E-state index contributed by atoms with van der Waals surface area (Å²) in [5, 5.41) is 10.4. The summed E-state index contributed by atoms with van der Waals surface area (Å²) in [5.74, 6) is -5.17. The maximum Gasteiger partial charge on any atom is 0.435 e. The molecule has 2 amide bonds. The van der Waals surface area contributed by atoms with Gasteiger partial charge in [0.05, 0.1) is 34.1 Å². The summed E-state index contributed by atoms with van der Waals surface area (Å²) in [6.45, 7) is -0.354. The monoisotopic (exact) mass is 782 g/mol. The Kier molecular flexibility index (Phi) is 10.5. The second-order valence-corrected chi connectivity index (χ2v) is 10.4. The van der Waals surface area contributed by atoms with E-state index in [1.54, 1.807) is 11.4 Å². The van der Waals surface area contributed by atoms with Gasteiger partial charge in [0, 0.05) is 28.3 Å². The zero-order chi connectivity index (χ0) is 34.8. The normalized spacial score (nSPS) is 12.4. The van der Waals surface area contributed by atoms with E-state index in [1.165, 1.54) is 0 Å². The molecule has 1 heterocycles. The third-order valence-corrected chi connectivity index (χ3v) is 7.07. The highest BCUT2D eigenvalue weighted by Gasteiger charge is 2.73. The van der Waals surface area contributed by atoms with E-state index in [9.17, 15) is 57.9 Å². The van der Waals surface area contributed by atoms with E-state index in [0.717, 1.165) is 64.0 Å². The molecule has 19 heteroatoms. The largest absolute Gasteiger partial charge is 0.435 e. The number of nitriles is 1. The second-order valence-electron chi connectivity index (χ2n) is 9.21. The first kappa shape index (κ1) is 36.4. The third kappa shape index (κ3) is 7.31. The van der Waals surface area contributed by atoms with Crippen LogP contribution in [0.15, 0.2) is 48.7 Å². The number of aromatic nitrogens is 1. The number of hydrogen-bond acceptors (Lipinski definition) is 4. The van der Waals surface area contributed by atoms with Gasteiger partial charge in [0.2, 0.25) is 5.95 Å². The molecule has 6 nitrogen and oxygen atoms in total. The van der Waals surface area contributed by atoms with E-state index < -0.39 is 85.5 Å². The lowest BCUT2D eigenvalue weighted by Crippen LogP contribution is -2.50. The fourth-order valence-corrected chi connectivity index (χ4v) is 4.80. The number of carbonyl (C=O) groups excluding carboxylic acids is 2. The highest BCUT2D eigenvalue weighted by molar-refractivity contribution is 14.1. The number of nitrogens with one attached hydrogen (secondary N) is 1. The molecule has 2 aromatic carbocycles. The van der Waals surface area contributed by atoms with Crippen molar-refractivity contribution in [1.82, 2.24) is 4.98 Å². The van der Waals surface area contributed by atoms with Gasteiger partial charge in [-0.2, -0.15) is 49.2 Å². The van der Waals surface area contributed by atoms with Crippen LogP contribution in [0.2, 0.25) is 0 Å². The molecule has 1 N–H and O–H groups in total. The van der Waals surface area contributed by atoms with Crippen molar-refractivity contribution in [2.45, 2.75) is 37.0 Å². The molecule has 0 spiro atoms. The summed E-state index contributed by atoms with van der Waals surface area (Å²) in [6.07, 6.45) is -18.6. The Bertz CT molecular complexity index is 1650. The van der Waals surface area contributed by atoms with E-state index in [4.69, 9.17) is 5.26 Å². The summed E-state index contributed by atoms with van der Waals surface area (Å²) in [4.78, 5) is 30.2. The molecule has 0 saturated carbocycles. The Labute approximate surface area is 264 Å². The van der Waals surface area contributed by atoms with Crippen molar-refractivity contribution < 1.29 is 62.3 Å². The molecule has 1 aromatic heterocycles. The van der Waals surface area contributed by atoms with Crippen molar-refractivity contribution in [2.24, 2.45) is 0 Å². The number of pyridine rings is 1. The highest BCUT2D eigenvalue weighted by atomic mass is 127. The number of unbranched alkanes of at least 4 members (excludes halogenated alkanes) is 1. The molecule has 3 aromatic rings. The fourth-order valence-electron chi connectivity index (χ4n) is 4.03. The zero-order valence-electron chi connectivity index (χ0n) is 22.3. The van der Waals surface area contributed by atoms with E-state index in [0.29, 0.717) is 0 Å². The third-order valence-electron chi connectivity index (χ3n) is 6.22. The summed E-state index contributed by atoms with van der Waals surface area (Å²) >= 11 is 0.841. The van der Waals surface area contributed by atoms with E-state index in [1.807, 2.05) is 0 Å². The maximum absolute atomic E-state index is 15.7. The molecule has 246 valence electrons. The van der Waals surface area contributed by atoms with Gasteiger partial charge in [-0.15, -0.1) is 0 Å². The highest BCUT2D eigenvalue weighted by Crippen LogP contribution is 2.54. The van der Waals surface area contributed by atoms with Gasteiger partial charge in [0.1, 0.15) is 0 Å². The van der Waals surface area contributed by atoms with Crippen LogP contribution in [-0.4, -0.2) is 35.7 Å². The molecule has 0 atom stereocenters. The standard InChI is InChI=1S/C27H15F12IN4O2/c28-19-7-6-13(12-42-19)23(46)44(9-2-1-8-41)18-5-3-4-15(20(18)29)22(45)43-21-16(25(31,32)33)10-14(11-17(21)40)24(30,26(34,35)36)27(37,38)39/h3-7,10-12H,1-2,9H2,(H,43,45). The van der Waals surface area contributed by atoms with Crippen molar-refractivity contribution in [3.8, 4) is 6.07 Å². The van der Waals surface area contributed by atoms with Crippen LogP contribution >= 0.6 is 22.6 Å². The molecule has 0 saturated heterocycles. The van der Waals surface area contributed by atoms with E-state index in [2.05, 4.69) is 4.98 Å². The topological polar surface area (TPSA) is 86.1 Å². The zero-order valence-corrected chi connectivity index (χ0v) is 24.5. The van der Waals surface area contributed by atoms with Crippen LogP contribution in [0.1, 0.15) is 44.7 Å². The molecular formula is C27H15F12IN4O2. The Morgan fingerprint density at radius 2 is 1.57 bits per heavy atom. The SMILES string of the molecule is N#CCCCN(C(=O)c1ccc(F)nc1)c1cccc(C(=O)Nc2c(I)cc(C(F)(C(F)(F)F)C(F)(F)F)cc2C(F)(F)F)c1F. The Morgan fingerprint density at radius 1 is 0.935 bits per heavy atom. The number of alkyl halides is 10. The molecule has 0 fully saturated rings. The van der Waals surface area contributed by atoms with Gasteiger partial charge in [-0.25, -0.2) is 13.8 Å². The maximum atomic E-state index is 15.7. The van der Waals surface area contributed by atoms with Gasteiger partial charge in [0.25, 0.3) is 11.8 Å². The molecule has 0 aliphatic heterocycles. The lowest BCUT2D eigenvalue weighted by molar-refractivity contribution is -0.348. The van der Waals surface area contributed by atoms with Crippen LogP contribution in [0, 0.1) is 26.7 Å². The quantitative estimate of drug-likeness (QED) is 0.108. The first-order chi connectivity index (χ1) is 21.1. The Balaban J connectivity index is 2.12. The number of rotatable bonds is 8. The van der Waals surface area contributed by atoms with Gasteiger partial charge in [0.15, 0.2) is 5.82 Å².